The molecule has 3 nitrogen and oxygen atoms in total. The standard InChI is InChI=1S/C16H11ClN2OS2/c17-13-6-4-12(5-7-13)15(20)11-22-16(21)14(10-18)19-8-2-1-3-9-19/h1-9H,11H2. The van der Waals surface area contributed by atoms with Crippen LogP contribution in [0, 0.1) is 11.3 Å². The number of rotatable bonds is 5. The number of benzene rings is 1. The summed E-state index contributed by atoms with van der Waals surface area (Å²) in [6.45, 7) is 0. The monoisotopic (exact) mass is 346 g/mol. The number of ketones is 1. The van der Waals surface area contributed by atoms with Gasteiger partial charge in [0.25, 0.3) is 5.70 Å². The lowest BCUT2D eigenvalue weighted by molar-refractivity contribution is -0.577. The molecule has 0 saturated heterocycles. The van der Waals surface area contributed by atoms with Crippen LogP contribution < -0.4 is 4.57 Å². The van der Waals surface area contributed by atoms with Crippen molar-refractivity contribution < 1.29 is 9.36 Å². The fraction of sp³-hybridized carbons (Fsp3) is 0.0625. The quantitative estimate of drug-likeness (QED) is 0.360. The molecular formula is C16H11ClN2OS2. The summed E-state index contributed by atoms with van der Waals surface area (Å²) < 4.78 is 2.03. The van der Waals surface area contributed by atoms with Gasteiger partial charge in [-0.05, 0) is 24.3 Å². The Morgan fingerprint density at radius 1 is 1.23 bits per heavy atom. The molecule has 0 saturated carbocycles. The minimum Gasteiger partial charge on any atom is -0.766 e. The van der Waals surface area contributed by atoms with Gasteiger partial charge in [-0.2, -0.15) is 9.83 Å². The third kappa shape index (κ3) is 4.31. The lowest BCUT2D eigenvalue weighted by Crippen LogP contribution is -2.31. The summed E-state index contributed by atoms with van der Waals surface area (Å²) in [6, 6.07) is 14.2. The smallest absolute Gasteiger partial charge is 0.275 e. The van der Waals surface area contributed by atoms with Crippen molar-refractivity contribution in [3.63, 3.8) is 0 Å². The summed E-state index contributed by atoms with van der Waals surface area (Å²) in [5.41, 5.74) is 0.912. The maximum absolute atomic E-state index is 12.1. The molecule has 0 radical (unpaired) electrons. The summed E-state index contributed by atoms with van der Waals surface area (Å²) in [5.74, 6) is 0.123. The van der Waals surface area contributed by atoms with Crippen molar-refractivity contribution in [2.75, 3.05) is 5.75 Å². The van der Waals surface area contributed by atoms with Crippen molar-refractivity contribution in [1.82, 2.24) is 0 Å². The second kappa shape index (κ2) is 7.95. The van der Waals surface area contributed by atoms with Crippen LogP contribution in [0.15, 0.2) is 59.1 Å². The number of pyridine rings is 1. The molecule has 0 amide bonds. The van der Waals surface area contributed by atoms with Gasteiger partial charge in [-0.15, -0.1) is 11.8 Å². The first-order valence-electron chi connectivity index (χ1n) is 6.31. The molecule has 0 spiro atoms. The molecule has 0 bridgehead atoms. The Hall–Kier alpha value is -1.87. The van der Waals surface area contributed by atoms with Gasteiger partial charge in [0, 0.05) is 22.7 Å². The molecule has 0 atom stereocenters. The van der Waals surface area contributed by atoms with Crippen molar-refractivity contribution in [3.8, 4) is 6.07 Å². The highest BCUT2D eigenvalue weighted by atomic mass is 35.5. The Balaban J connectivity index is 2.09. The largest absolute Gasteiger partial charge is 0.766 e. The molecule has 0 unspecified atom stereocenters. The Kier molecular flexibility index (Phi) is 5.96. The second-order valence-electron chi connectivity index (χ2n) is 4.25. The van der Waals surface area contributed by atoms with Gasteiger partial charge in [-0.25, -0.2) is 0 Å². The molecule has 2 aromatic rings. The van der Waals surface area contributed by atoms with E-state index in [1.54, 1.807) is 41.2 Å². The van der Waals surface area contributed by atoms with E-state index in [1.165, 1.54) is 11.8 Å². The lowest BCUT2D eigenvalue weighted by Gasteiger charge is -2.10. The molecule has 0 N–H and O–H groups in total. The number of carbonyl (C=O) groups is 1. The van der Waals surface area contributed by atoms with E-state index in [0.717, 1.165) is 0 Å². The third-order valence-corrected chi connectivity index (χ3v) is 4.43. The maximum atomic E-state index is 12.1. The van der Waals surface area contributed by atoms with Crippen molar-refractivity contribution in [2.45, 2.75) is 0 Å². The molecule has 2 rings (SSSR count). The number of thioether (sulfide) groups is 1. The van der Waals surface area contributed by atoms with Crippen LogP contribution in [0.2, 0.25) is 5.02 Å². The highest BCUT2D eigenvalue weighted by Gasteiger charge is 2.11. The highest BCUT2D eigenvalue weighted by Crippen LogP contribution is 2.20. The van der Waals surface area contributed by atoms with E-state index < -0.39 is 0 Å². The fourth-order valence-electron chi connectivity index (χ4n) is 1.68. The number of Topliss-reactive ketones (excluding diaryl/α,β-unsaturated/α-hetero) is 1. The Bertz CT molecular complexity index is 737. The van der Waals surface area contributed by atoms with Gasteiger partial charge in [-0.1, -0.05) is 21.9 Å². The van der Waals surface area contributed by atoms with Crippen LogP contribution in [-0.2, 0) is 12.6 Å². The molecule has 1 heterocycles. The van der Waals surface area contributed by atoms with Gasteiger partial charge in [0.05, 0.1) is 5.75 Å². The zero-order valence-electron chi connectivity index (χ0n) is 11.4. The summed E-state index contributed by atoms with van der Waals surface area (Å²) in [4.78, 5) is 12.1. The molecule has 0 aliphatic heterocycles. The SMILES string of the molecule is N#CC(=C([S-])SCC(=O)c1ccc(Cl)cc1)[n+]1ccccc1. The van der Waals surface area contributed by atoms with Gasteiger partial charge in [0.1, 0.15) is 0 Å². The van der Waals surface area contributed by atoms with Crippen LogP contribution in [0.3, 0.4) is 0 Å². The number of hydrogen-bond acceptors (Lipinski definition) is 4. The Morgan fingerprint density at radius 3 is 2.45 bits per heavy atom. The van der Waals surface area contributed by atoms with Crippen LogP contribution in [-0.4, -0.2) is 11.5 Å². The van der Waals surface area contributed by atoms with E-state index in [9.17, 15) is 10.1 Å². The van der Waals surface area contributed by atoms with Crippen LogP contribution in [0.1, 0.15) is 10.4 Å². The summed E-state index contributed by atoms with van der Waals surface area (Å²) in [6.07, 6.45) is 3.48. The van der Waals surface area contributed by atoms with E-state index in [2.05, 4.69) is 6.07 Å². The number of nitriles is 1. The minimum atomic E-state index is -0.0561. The van der Waals surface area contributed by atoms with Gasteiger partial charge in [0.2, 0.25) is 0 Å². The number of allylic oxidation sites excluding steroid dienone is 1. The lowest BCUT2D eigenvalue weighted by atomic mass is 10.1. The Morgan fingerprint density at radius 2 is 1.86 bits per heavy atom. The molecule has 0 fully saturated rings. The topological polar surface area (TPSA) is 44.7 Å². The molecule has 6 heteroatoms. The number of carbonyl (C=O) groups excluding carboxylic acids is 1. The predicted octanol–water partition coefficient (Wildman–Crippen LogP) is 3.44. The minimum absolute atomic E-state index is 0.0561. The van der Waals surface area contributed by atoms with Crippen LogP contribution in [0.5, 0.6) is 0 Å². The third-order valence-electron chi connectivity index (χ3n) is 2.77. The Labute approximate surface area is 143 Å². The van der Waals surface area contributed by atoms with E-state index in [4.69, 9.17) is 24.2 Å². The molecule has 1 aromatic heterocycles. The van der Waals surface area contributed by atoms with Crippen molar-refractivity contribution in [1.29, 1.82) is 5.26 Å². The second-order valence-corrected chi connectivity index (χ2v) is 6.34. The van der Waals surface area contributed by atoms with Crippen LogP contribution in [0.4, 0.5) is 0 Å². The van der Waals surface area contributed by atoms with Gasteiger partial charge < -0.3 is 12.6 Å². The van der Waals surface area contributed by atoms with Crippen molar-refractivity contribution in [2.24, 2.45) is 0 Å². The number of nitrogens with zero attached hydrogens (tertiary/aromatic N) is 2. The van der Waals surface area contributed by atoms with E-state index in [1.807, 2.05) is 18.2 Å². The highest BCUT2D eigenvalue weighted by molar-refractivity contribution is 8.11. The van der Waals surface area contributed by atoms with Crippen molar-refractivity contribution in [3.05, 3.63) is 69.7 Å². The normalized spacial score (nSPS) is 11.5. The van der Waals surface area contributed by atoms with Gasteiger partial charge >= 0.3 is 0 Å². The van der Waals surface area contributed by atoms with Gasteiger partial charge in [-0.3, -0.25) is 4.79 Å². The maximum Gasteiger partial charge on any atom is 0.275 e. The van der Waals surface area contributed by atoms with Crippen LogP contribution in [0.25, 0.3) is 5.70 Å². The number of hydrogen-bond donors (Lipinski definition) is 0. The number of aromatic nitrogens is 1. The predicted molar refractivity (Wildman–Crippen MR) is 91.1 cm³/mol. The first-order chi connectivity index (χ1) is 10.6. The fourth-order valence-corrected chi connectivity index (χ4v) is 2.85. The molecular weight excluding hydrogens is 336 g/mol. The van der Waals surface area contributed by atoms with E-state index in [0.29, 0.717) is 20.5 Å². The zero-order valence-corrected chi connectivity index (χ0v) is 13.8. The first-order valence-corrected chi connectivity index (χ1v) is 8.08. The van der Waals surface area contributed by atoms with E-state index >= 15 is 0 Å². The van der Waals surface area contributed by atoms with Crippen molar-refractivity contribution >= 4 is 47.5 Å². The number of halogens is 1. The summed E-state index contributed by atoms with van der Waals surface area (Å²) in [5, 5.41) is 9.84. The van der Waals surface area contributed by atoms with E-state index in [-0.39, 0.29) is 11.5 Å². The molecule has 0 aliphatic rings. The molecule has 110 valence electrons. The summed E-state index contributed by atoms with van der Waals surface area (Å²) >= 11 is 12.2. The van der Waals surface area contributed by atoms with Crippen LogP contribution >= 0.6 is 23.4 Å². The first kappa shape index (κ1) is 16.5. The molecule has 22 heavy (non-hydrogen) atoms. The van der Waals surface area contributed by atoms with Gasteiger partial charge in [0.15, 0.2) is 24.2 Å². The average Bonchev–Trinajstić information content (AvgIpc) is 2.55. The molecule has 1 aromatic carbocycles. The average molecular weight is 347 g/mol. The zero-order chi connectivity index (χ0) is 15.9. The molecule has 0 aliphatic carbocycles. The summed E-state index contributed by atoms with van der Waals surface area (Å²) in [7, 11) is 0.